The SMILES string of the molecule is CC1(c2ccccc2)CCC(=O)C2CN(Cc3ccccc3)CC21C(=O)O. The lowest BCUT2D eigenvalue weighted by molar-refractivity contribution is -0.163. The monoisotopic (exact) mass is 363 g/mol. The fourth-order valence-electron chi connectivity index (χ4n) is 5.27. The molecule has 1 saturated heterocycles. The normalized spacial score (nSPS) is 30.9. The van der Waals surface area contributed by atoms with Gasteiger partial charge < -0.3 is 5.11 Å². The number of rotatable bonds is 4. The van der Waals surface area contributed by atoms with Gasteiger partial charge in [0.15, 0.2) is 0 Å². The first-order chi connectivity index (χ1) is 13.0. The van der Waals surface area contributed by atoms with Crippen molar-refractivity contribution >= 4 is 11.8 Å². The zero-order valence-corrected chi connectivity index (χ0v) is 15.6. The molecule has 2 aromatic rings. The average Bonchev–Trinajstić information content (AvgIpc) is 3.08. The van der Waals surface area contributed by atoms with Gasteiger partial charge >= 0.3 is 5.97 Å². The van der Waals surface area contributed by atoms with E-state index in [1.165, 1.54) is 0 Å². The van der Waals surface area contributed by atoms with Crippen molar-refractivity contribution in [1.29, 1.82) is 0 Å². The Kier molecular flexibility index (Phi) is 4.39. The molecule has 2 aromatic carbocycles. The van der Waals surface area contributed by atoms with Crippen LogP contribution in [-0.2, 0) is 21.5 Å². The van der Waals surface area contributed by atoms with Crippen LogP contribution in [0.2, 0.25) is 0 Å². The minimum absolute atomic E-state index is 0.0985. The number of hydrogen-bond acceptors (Lipinski definition) is 3. The van der Waals surface area contributed by atoms with Gasteiger partial charge in [0, 0.05) is 37.4 Å². The number of nitrogens with zero attached hydrogens (tertiary/aromatic N) is 1. The van der Waals surface area contributed by atoms with Crippen molar-refractivity contribution in [3.63, 3.8) is 0 Å². The number of hydrogen-bond donors (Lipinski definition) is 1. The summed E-state index contributed by atoms with van der Waals surface area (Å²) in [6.07, 6.45) is 1.03. The molecule has 2 fully saturated rings. The fourth-order valence-corrected chi connectivity index (χ4v) is 5.27. The number of ketones is 1. The number of aliphatic carboxylic acids is 1. The summed E-state index contributed by atoms with van der Waals surface area (Å²) in [5, 5.41) is 10.4. The molecule has 4 heteroatoms. The lowest BCUT2D eigenvalue weighted by Gasteiger charge is -2.50. The van der Waals surface area contributed by atoms with Gasteiger partial charge in [-0.1, -0.05) is 67.6 Å². The number of carboxylic acids is 1. The van der Waals surface area contributed by atoms with Gasteiger partial charge in [-0.15, -0.1) is 0 Å². The molecule has 0 amide bonds. The smallest absolute Gasteiger partial charge is 0.312 e. The highest BCUT2D eigenvalue weighted by molar-refractivity contribution is 5.93. The minimum atomic E-state index is -1.08. The summed E-state index contributed by atoms with van der Waals surface area (Å²) in [5.74, 6) is -1.21. The van der Waals surface area contributed by atoms with E-state index in [0.717, 1.165) is 11.1 Å². The molecule has 0 bridgehead atoms. The van der Waals surface area contributed by atoms with Crippen LogP contribution >= 0.6 is 0 Å². The molecule has 1 heterocycles. The minimum Gasteiger partial charge on any atom is -0.481 e. The van der Waals surface area contributed by atoms with Gasteiger partial charge in [0.2, 0.25) is 0 Å². The van der Waals surface area contributed by atoms with Crippen LogP contribution < -0.4 is 0 Å². The number of benzene rings is 2. The Labute approximate surface area is 159 Å². The first-order valence-electron chi connectivity index (χ1n) is 9.55. The van der Waals surface area contributed by atoms with Crippen LogP contribution in [0, 0.1) is 11.3 Å². The Morgan fingerprint density at radius 2 is 1.74 bits per heavy atom. The average molecular weight is 363 g/mol. The first kappa shape index (κ1) is 17.9. The van der Waals surface area contributed by atoms with E-state index in [1.807, 2.05) is 67.6 Å². The summed E-state index contributed by atoms with van der Waals surface area (Å²) in [7, 11) is 0. The molecule has 1 saturated carbocycles. The second kappa shape index (κ2) is 6.61. The van der Waals surface area contributed by atoms with E-state index in [9.17, 15) is 14.7 Å². The molecule has 3 unspecified atom stereocenters. The molecule has 0 aromatic heterocycles. The number of Topliss-reactive ketones (excluding diaryl/α,β-unsaturated/α-hetero) is 1. The van der Waals surface area contributed by atoms with Crippen LogP contribution in [0.15, 0.2) is 60.7 Å². The lowest BCUT2D eigenvalue weighted by atomic mass is 9.50. The maximum Gasteiger partial charge on any atom is 0.312 e. The Morgan fingerprint density at radius 1 is 1.11 bits per heavy atom. The van der Waals surface area contributed by atoms with Crippen LogP contribution in [0.5, 0.6) is 0 Å². The molecule has 1 aliphatic carbocycles. The largest absolute Gasteiger partial charge is 0.481 e. The van der Waals surface area contributed by atoms with E-state index in [2.05, 4.69) is 4.90 Å². The number of carbonyl (C=O) groups is 2. The van der Waals surface area contributed by atoms with Crippen molar-refractivity contribution in [2.45, 2.75) is 31.7 Å². The van der Waals surface area contributed by atoms with Crippen molar-refractivity contribution in [1.82, 2.24) is 4.90 Å². The molecular formula is C23H25NO3. The van der Waals surface area contributed by atoms with Gasteiger partial charge in [0.05, 0.1) is 0 Å². The maximum absolute atomic E-state index is 12.8. The molecule has 140 valence electrons. The quantitative estimate of drug-likeness (QED) is 0.903. The maximum atomic E-state index is 12.8. The number of fused-ring (bicyclic) bond motifs is 1. The summed E-state index contributed by atoms with van der Waals surface area (Å²) in [6.45, 7) is 3.63. The first-order valence-corrected chi connectivity index (χ1v) is 9.55. The fraction of sp³-hybridized carbons (Fsp3) is 0.391. The van der Waals surface area contributed by atoms with Gasteiger partial charge in [0.25, 0.3) is 0 Å². The third-order valence-electron chi connectivity index (χ3n) is 6.79. The summed E-state index contributed by atoms with van der Waals surface area (Å²) < 4.78 is 0. The Bertz CT molecular complexity index is 850. The van der Waals surface area contributed by atoms with Gasteiger partial charge in [0.1, 0.15) is 11.2 Å². The molecule has 4 rings (SSSR count). The van der Waals surface area contributed by atoms with Crippen LogP contribution in [0.4, 0.5) is 0 Å². The van der Waals surface area contributed by atoms with Gasteiger partial charge in [-0.2, -0.15) is 0 Å². The van der Waals surface area contributed by atoms with Gasteiger partial charge in [-0.3, -0.25) is 14.5 Å². The topological polar surface area (TPSA) is 57.6 Å². The van der Waals surface area contributed by atoms with Crippen LogP contribution in [0.25, 0.3) is 0 Å². The van der Waals surface area contributed by atoms with Crippen molar-refractivity contribution in [3.8, 4) is 0 Å². The Morgan fingerprint density at radius 3 is 2.37 bits per heavy atom. The van der Waals surface area contributed by atoms with Crippen LogP contribution in [-0.4, -0.2) is 34.8 Å². The van der Waals surface area contributed by atoms with Gasteiger partial charge in [-0.05, 0) is 17.5 Å². The molecule has 4 nitrogen and oxygen atoms in total. The molecule has 0 radical (unpaired) electrons. The second-order valence-electron chi connectivity index (χ2n) is 8.15. The lowest BCUT2D eigenvalue weighted by Crippen LogP contribution is -2.59. The summed E-state index contributed by atoms with van der Waals surface area (Å²) in [4.78, 5) is 27.7. The standard InChI is InChI=1S/C23H25NO3/c1-22(18-10-6-3-7-11-18)13-12-20(25)19-15-24(16-23(19,22)21(26)27)14-17-8-4-2-5-9-17/h2-11,19H,12-16H2,1H3,(H,26,27). The highest BCUT2D eigenvalue weighted by atomic mass is 16.4. The molecule has 1 aliphatic heterocycles. The summed E-state index contributed by atoms with van der Waals surface area (Å²) in [5.41, 5.74) is 0.514. The Hall–Kier alpha value is -2.46. The third-order valence-corrected chi connectivity index (χ3v) is 6.79. The number of carbonyl (C=O) groups excluding carboxylic acids is 1. The van der Waals surface area contributed by atoms with Crippen molar-refractivity contribution in [2.24, 2.45) is 11.3 Å². The molecule has 2 aliphatic rings. The molecule has 27 heavy (non-hydrogen) atoms. The van der Waals surface area contributed by atoms with E-state index in [-0.39, 0.29) is 5.78 Å². The number of likely N-dealkylation sites (tertiary alicyclic amines) is 1. The molecule has 0 spiro atoms. The van der Waals surface area contributed by atoms with Crippen molar-refractivity contribution in [2.75, 3.05) is 13.1 Å². The predicted octanol–water partition coefficient (Wildman–Crippen LogP) is 3.51. The second-order valence-corrected chi connectivity index (χ2v) is 8.15. The van der Waals surface area contributed by atoms with E-state index in [0.29, 0.717) is 32.5 Å². The zero-order chi connectivity index (χ0) is 19.1. The van der Waals surface area contributed by atoms with E-state index in [4.69, 9.17) is 0 Å². The third kappa shape index (κ3) is 2.71. The highest BCUT2D eigenvalue weighted by Gasteiger charge is 2.66. The molecule has 1 N–H and O–H groups in total. The summed E-state index contributed by atoms with van der Waals surface area (Å²) in [6, 6.07) is 19.9. The van der Waals surface area contributed by atoms with E-state index < -0.39 is 22.7 Å². The van der Waals surface area contributed by atoms with Crippen molar-refractivity contribution in [3.05, 3.63) is 71.8 Å². The van der Waals surface area contributed by atoms with E-state index in [1.54, 1.807) is 0 Å². The molecular weight excluding hydrogens is 338 g/mol. The highest BCUT2D eigenvalue weighted by Crippen LogP contribution is 2.57. The van der Waals surface area contributed by atoms with E-state index >= 15 is 0 Å². The summed E-state index contributed by atoms with van der Waals surface area (Å²) >= 11 is 0. The zero-order valence-electron chi connectivity index (χ0n) is 15.6. The Balaban J connectivity index is 1.76. The number of carboxylic acid groups (broad SMARTS) is 1. The van der Waals surface area contributed by atoms with Crippen LogP contribution in [0.3, 0.4) is 0 Å². The van der Waals surface area contributed by atoms with Crippen LogP contribution in [0.1, 0.15) is 30.9 Å². The molecule has 3 atom stereocenters. The van der Waals surface area contributed by atoms with Gasteiger partial charge in [-0.25, -0.2) is 0 Å². The van der Waals surface area contributed by atoms with Crippen molar-refractivity contribution < 1.29 is 14.7 Å². The predicted molar refractivity (Wildman–Crippen MR) is 103 cm³/mol.